The quantitative estimate of drug-likeness (QED) is 0.426. The molecule has 3 N–H and O–H groups in total. The molecule has 34 heavy (non-hydrogen) atoms. The van der Waals surface area contributed by atoms with E-state index in [0.717, 1.165) is 16.9 Å². The van der Waals surface area contributed by atoms with Crippen LogP contribution in [0, 0.1) is 6.92 Å². The fourth-order valence-electron chi connectivity index (χ4n) is 3.49. The fourth-order valence-corrected chi connectivity index (χ4v) is 3.49. The van der Waals surface area contributed by atoms with E-state index in [0.29, 0.717) is 31.1 Å². The van der Waals surface area contributed by atoms with Crippen molar-refractivity contribution in [1.82, 2.24) is 9.88 Å². The van der Waals surface area contributed by atoms with E-state index in [1.54, 1.807) is 12.1 Å². The van der Waals surface area contributed by atoms with Crippen molar-refractivity contribution in [3.63, 3.8) is 0 Å². The van der Waals surface area contributed by atoms with E-state index in [4.69, 9.17) is 15.2 Å². The van der Waals surface area contributed by atoms with Crippen LogP contribution >= 0.6 is 0 Å². The summed E-state index contributed by atoms with van der Waals surface area (Å²) in [6.07, 6.45) is 0.703. The number of rotatable bonds is 12. The largest absolute Gasteiger partial charge is 0.491 e. The number of para-hydroxylation sites is 1. The monoisotopic (exact) mass is 463 g/mol. The lowest BCUT2D eigenvalue weighted by Crippen LogP contribution is -2.51. The zero-order valence-electron chi connectivity index (χ0n) is 20.0. The number of pyridine rings is 1. The highest BCUT2D eigenvalue weighted by molar-refractivity contribution is 5.92. The number of β-amino-alcohol motifs (C(OH)–C–C–N with tert-alkyl or cyclic N) is 1. The summed E-state index contributed by atoms with van der Waals surface area (Å²) >= 11 is 0. The molecule has 0 fully saturated rings. The minimum atomic E-state index is -0.699. The summed E-state index contributed by atoms with van der Waals surface area (Å²) in [5.74, 6) is 0.640. The first-order valence-corrected chi connectivity index (χ1v) is 11.3. The predicted octanol–water partition coefficient (Wildman–Crippen LogP) is 3.59. The number of primary amides is 1. The number of benzene rings is 2. The summed E-state index contributed by atoms with van der Waals surface area (Å²) in [7, 11) is 0. The molecule has 0 radical (unpaired) electrons. The summed E-state index contributed by atoms with van der Waals surface area (Å²) in [4.78, 5) is 17.6. The van der Waals surface area contributed by atoms with Crippen LogP contribution in [0.2, 0.25) is 0 Å². The van der Waals surface area contributed by atoms with Gasteiger partial charge in [-0.1, -0.05) is 48.5 Å². The lowest BCUT2D eigenvalue weighted by Gasteiger charge is -2.39. The van der Waals surface area contributed by atoms with Gasteiger partial charge in [-0.3, -0.25) is 9.69 Å². The minimum Gasteiger partial charge on any atom is -0.491 e. The first-order valence-electron chi connectivity index (χ1n) is 11.3. The highest BCUT2D eigenvalue weighted by atomic mass is 16.5. The van der Waals surface area contributed by atoms with Gasteiger partial charge in [-0.15, -0.1) is 0 Å². The number of carbonyl (C=O) groups excluding carboxylic acids is 1. The molecule has 3 aromatic rings. The third-order valence-electron chi connectivity index (χ3n) is 5.62. The Balaban J connectivity index is 1.67. The summed E-state index contributed by atoms with van der Waals surface area (Å²) in [5.41, 5.74) is 7.32. The Hall–Kier alpha value is -3.42. The summed E-state index contributed by atoms with van der Waals surface area (Å²) < 4.78 is 11.8. The van der Waals surface area contributed by atoms with Crippen molar-refractivity contribution in [3.8, 4) is 11.6 Å². The van der Waals surface area contributed by atoms with Crippen molar-refractivity contribution >= 4 is 5.91 Å². The summed E-state index contributed by atoms with van der Waals surface area (Å²) in [6.45, 7) is 7.63. The smallest absolute Gasteiger partial charge is 0.250 e. The number of amides is 1. The van der Waals surface area contributed by atoms with Gasteiger partial charge in [0.15, 0.2) is 0 Å². The molecule has 180 valence electrons. The van der Waals surface area contributed by atoms with Crippen molar-refractivity contribution < 1.29 is 19.4 Å². The van der Waals surface area contributed by atoms with Crippen LogP contribution in [0.4, 0.5) is 0 Å². The molecule has 7 heteroatoms. The number of hydrogen-bond donors (Lipinski definition) is 2. The number of aliphatic hydroxyl groups is 1. The highest BCUT2D eigenvalue weighted by Crippen LogP contribution is 2.22. The molecule has 2 aromatic carbocycles. The Labute approximate surface area is 201 Å². The van der Waals surface area contributed by atoms with Gasteiger partial charge in [0.05, 0.1) is 5.56 Å². The number of aromatic nitrogens is 1. The van der Waals surface area contributed by atoms with Crippen molar-refractivity contribution in [2.45, 2.75) is 39.0 Å². The normalized spacial score (nSPS) is 12.4. The van der Waals surface area contributed by atoms with Crippen LogP contribution < -0.4 is 15.2 Å². The molecule has 3 rings (SSSR count). The Morgan fingerprint density at radius 2 is 1.76 bits per heavy atom. The molecule has 1 unspecified atom stereocenters. The maximum Gasteiger partial charge on any atom is 0.250 e. The third kappa shape index (κ3) is 7.30. The van der Waals surface area contributed by atoms with Crippen LogP contribution in [-0.4, -0.2) is 52.3 Å². The second kappa shape index (κ2) is 11.6. The second-order valence-corrected chi connectivity index (χ2v) is 8.95. The molecular weight excluding hydrogens is 430 g/mol. The van der Waals surface area contributed by atoms with Gasteiger partial charge in [0, 0.05) is 30.9 Å². The van der Waals surface area contributed by atoms with Crippen LogP contribution in [0.5, 0.6) is 11.6 Å². The molecule has 0 aliphatic carbocycles. The average Bonchev–Trinajstić information content (AvgIpc) is 2.83. The van der Waals surface area contributed by atoms with Gasteiger partial charge in [-0.25, -0.2) is 4.98 Å². The van der Waals surface area contributed by atoms with Crippen LogP contribution in [0.3, 0.4) is 0 Å². The van der Waals surface area contributed by atoms with Gasteiger partial charge < -0.3 is 20.3 Å². The molecule has 0 aliphatic heterocycles. The van der Waals surface area contributed by atoms with E-state index < -0.39 is 17.6 Å². The minimum absolute atomic E-state index is 0.184. The van der Waals surface area contributed by atoms with Crippen LogP contribution in [0.15, 0.2) is 72.9 Å². The van der Waals surface area contributed by atoms with E-state index in [1.807, 2.05) is 49.4 Å². The lowest BCUT2D eigenvalue weighted by molar-refractivity contribution is 0.00273. The standard InChI is InChI=1S/C27H33N3O4/c1-20-9-7-8-12-24(20)33-18-23(31)17-30(16-21-10-5-4-6-11-21)27(2,3)19-34-25-14-13-22(15-29-25)26(28)32/h4-15,23,31H,16-19H2,1-3H3,(H2,28,32). The third-order valence-corrected chi connectivity index (χ3v) is 5.62. The fraction of sp³-hybridized carbons (Fsp3) is 0.333. The molecule has 0 spiro atoms. The SMILES string of the molecule is Cc1ccccc1OCC(O)CN(Cc1ccccc1)C(C)(C)COc1ccc(C(N)=O)cn1. The zero-order valence-corrected chi connectivity index (χ0v) is 20.0. The highest BCUT2D eigenvalue weighted by Gasteiger charge is 2.30. The molecule has 7 nitrogen and oxygen atoms in total. The van der Waals surface area contributed by atoms with Crippen molar-refractivity contribution in [3.05, 3.63) is 89.6 Å². The first kappa shape index (κ1) is 25.2. The number of aryl methyl sites for hydroxylation is 1. The van der Waals surface area contributed by atoms with E-state index in [-0.39, 0.29) is 6.61 Å². The van der Waals surface area contributed by atoms with Gasteiger partial charge in [0.1, 0.15) is 25.1 Å². The van der Waals surface area contributed by atoms with Crippen LogP contribution in [0.1, 0.15) is 35.3 Å². The van der Waals surface area contributed by atoms with E-state index in [1.165, 1.54) is 6.20 Å². The molecular formula is C27H33N3O4. The van der Waals surface area contributed by atoms with Crippen LogP contribution in [-0.2, 0) is 6.54 Å². The van der Waals surface area contributed by atoms with Crippen molar-refractivity contribution in [2.24, 2.45) is 5.73 Å². The Morgan fingerprint density at radius 1 is 1.06 bits per heavy atom. The molecule has 0 saturated carbocycles. The molecule has 1 atom stereocenters. The maximum absolute atomic E-state index is 11.3. The van der Waals surface area contributed by atoms with Gasteiger partial charge in [-0.05, 0) is 44.0 Å². The number of carbonyl (C=O) groups is 1. The number of aliphatic hydroxyl groups excluding tert-OH is 1. The van der Waals surface area contributed by atoms with Crippen molar-refractivity contribution in [1.29, 1.82) is 0 Å². The molecule has 0 aliphatic rings. The second-order valence-electron chi connectivity index (χ2n) is 8.95. The van der Waals surface area contributed by atoms with E-state index in [2.05, 4.69) is 35.9 Å². The predicted molar refractivity (Wildman–Crippen MR) is 132 cm³/mol. The van der Waals surface area contributed by atoms with Gasteiger partial charge in [0.2, 0.25) is 11.8 Å². The topological polar surface area (TPSA) is 97.9 Å². The molecule has 0 saturated heterocycles. The molecule has 1 amide bonds. The van der Waals surface area contributed by atoms with Gasteiger partial charge in [-0.2, -0.15) is 0 Å². The Bertz CT molecular complexity index is 1050. The van der Waals surface area contributed by atoms with E-state index in [9.17, 15) is 9.90 Å². The maximum atomic E-state index is 11.3. The molecule has 1 aromatic heterocycles. The first-order chi connectivity index (χ1) is 16.2. The Morgan fingerprint density at radius 3 is 2.41 bits per heavy atom. The number of hydrogen-bond acceptors (Lipinski definition) is 6. The molecule has 0 bridgehead atoms. The van der Waals surface area contributed by atoms with Crippen molar-refractivity contribution in [2.75, 3.05) is 19.8 Å². The summed E-state index contributed by atoms with van der Waals surface area (Å²) in [5, 5.41) is 10.8. The Kier molecular flexibility index (Phi) is 8.62. The van der Waals surface area contributed by atoms with E-state index >= 15 is 0 Å². The average molecular weight is 464 g/mol. The van der Waals surface area contributed by atoms with Gasteiger partial charge in [0.25, 0.3) is 0 Å². The number of nitrogens with two attached hydrogens (primary N) is 1. The summed E-state index contributed by atoms with van der Waals surface area (Å²) in [6, 6.07) is 21.1. The number of nitrogens with zero attached hydrogens (tertiary/aromatic N) is 2. The van der Waals surface area contributed by atoms with Gasteiger partial charge >= 0.3 is 0 Å². The van der Waals surface area contributed by atoms with Crippen LogP contribution in [0.25, 0.3) is 0 Å². The zero-order chi connectivity index (χ0) is 24.6. The lowest BCUT2D eigenvalue weighted by atomic mass is 10.0. The molecule has 1 heterocycles. The number of ether oxygens (including phenoxy) is 2.